The second-order valence-electron chi connectivity index (χ2n) is 6.51. The molecule has 28 heavy (non-hydrogen) atoms. The molecule has 0 spiro atoms. The molecule has 0 atom stereocenters. The molecule has 0 aliphatic rings. The third-order valence-corrected chi connectivity index (χ3v) is 4.98. The van der Waals surface area contributed by atoms with Crippen molar-refractivity contribution in [1.29, 1.82) is 0 Å². The maximum absolute atomic E-state index is 5.29. The highest BCUT2D eigenvalue weighted by molar-refractivity contribution is 5.96. The predicted molar refractivity (Wildman–Crippen MR) is 110 cm³/mol. The van der Waals surface area contributed by atoms with Gasteiger partial charge >= 0.3 is 0 Å². The quantitative estimate of drug-likeness (QED) is 0.477. The maximum atomic E-state index is 5.29. The first kappa shape index (κ1) is 16.4. The minimum atomic E-state index is 0.818. The number of hydrogen-bond donors (Lipinski definition) is 2. The number of ether oxygens (including phenoxy) is 2. The molecule has 5 aromatic rings. The average Bonchev–Trinajstić information content (AvgIpc) is 3.37. The van der Waals surface area contributed by atoms with E-state index in [0.717, 1.165) is 55.8 Å². The maximum Gasteiger partial charge on any atom is 0.120 e. The van der Waals surface area contributed by atoms with Gasteiger partial charge in [-0.1, -0.05) is 0 Å². The normalized spacial score (nSPS) is 11.2. The Bertz CT molecular complexity index is 1180. The summed E-state index contributed by atoms with van der Waals surface area (Å²) in [5.41, 5.74) is 5.68. The van der Waals surface area contributed by atoms with Crippen LogP contribution < -0.4 is 9.47 Å². The molecule has 3 aromatic heterocycles. The fraction of sp³-hybridized carbons (Fsp3) is 0.0909. The van der Waals surface area contributed by atoms with Crippen LogP contribution in [0.3, 0.4) is 0 Å². The van der Waals surface area contributed by atoms with Crippen molar-refractivity contribution < 1.29 is 9.47 Å². The van der Waals surface area contributed by atoms with Crippen LogP contribution in [0.4, 0.5) is 0 Å². The Hall–Kier alpha value is -3.80. The number of H-pyrrole nitrogens is 2. The monoisotopic (exact) mass is 370 g/mol. The van der Waals surface area contributed by atoms with Crippen molar-refractivity contribution in [2.75, 3.05) is 14.2 Å². The molecule has 0 fully saturated rings. The molecular weight excluding hydrogens is 352 g/mol. The lowest BCUT2D eigenvalue weighted by Gasteiger charge is -2.03. The number of methoxy groups -OCH3 is 2. The highest BCUT2D eigenvalue weighted by atomic mass is 16.5. The summed E-state index contributed by atoms with van der Waals surface area (Å²) in [4.78, 5) is 15.9. The molecule has 5 rings (SSSR count). The summed E-state index contributed by atoms with van der Waals surface area (Å²) in [6.07, 6.45) is 7.52. The van der Waals surface area contributed by atoms with Crippen LogP contribution in [-0.2, 0) is 0 Å². The molecule has 138 valence electrons. The zero-order valence-corrected chi connectivity index (χ0v) is 15.5. The van der Waals surface area contributed by atoms with Crippen molar-refractivity contribution in [3.8, 4) is 34.0 Å². The van der Waals surface area contributed by atoms with E-state index < -0.39 is 0 Å². The van der Waals surface area contributed by atoms with Gasteiger partial charge in [0.25, 0.3) is 0 Å². The Balaban J connectivity index is 1.53. The molecule has 2 N–H and O–H groups in total. The number of nitrogens with one attached hydrogen (secondary N) is 2. The number of rotatable bonds is 4. The van der Waals surface area contributed by atoms with Crippen LogP contribution in [0, 0.1) is 0 Å². The van der Waals surface area contributed by atoms with Crippen LogP contribution in [0.5, 0.6) is 11.5 Å². The minimum Gasteiger partial charge on any atom is -0.497 e. The Morgan fingerprint density at radius 2 is 1.14 bits per heavy atom. The fourth-order valence-electron chi connectivity index (χ4n) is 3.49. The van der Waals surface area contributed by atoms with Gasteiger partial charge in [0, 0.05) is 57.5 Å². The topological polar surface area (TPSA) is 75.8 Å². The third kappa shape index (κ3) is 2.58. The van der Waals surface area contributed by atoms with Crippen molar-refractivity contribution >= 4 is 21.8 Å². The lowest BCUT2D eigenvalue weighted by molar-refractivity contribution is 0.415. The molecule has 0 aliphatic carbocycles. The summed E-state index contributed by atoms with van der Waals surface area (Å²) in [7, 11) is 3.33. The van der Waals surface area contributed by atoms with Gasteiger partial charge in [-0.15, -0.1) is 0 Å². The third-order valence-electron chi connectivity index (χ3n) is 4.98. The smallest absolute Gasteiger partial charge is 0.120 e. The average molecular weight is 370 g/mol. The van der Waals surface area contributed by atoms with Crippen LogP contribution in [0.2, 0.25) is 0 Å². The largest absolute Gasteiger partial charge is 0.497 e. The van der Waals surface area contributed by atoms with E-state index in [-0.39, 0.29) is 0 Å². The summed E-state index contributed by atoms with van der Waals surface area (Å²) < 4.78 is 10.6. The van der Waals surface area contributed by atoms with Crippen molar-refractivity contribution in [2.45, 2.75) is 0 Å². The zero-order valence-electron chi connectivity index (χ0n) is 15.5. The first-order valence-corrected chi connectivity index (χ1v) is 8.90. The van der Waals surface area contributed by atoms with Gasteiger partial charge < -0.3 is 19.4 Å². The van der Waals surface area contributed by atoms with E-state index in [4.69, 9.17) is 9.47 Å². The predicted octanol–water partition coefficient (Wildman–Crippen LogP) is 4.79. The van der Waals surface area contributed by atoms with Crippen molar-refractivity contribution in [2.24, 2.45) is 0 Å². The van der Waals surface area contributed by atoms with E-state index >= 15 is 0 Å². The van der Waals surface area contributed by atoms with Gasteiger partial charge in [-0.2, -0.15) is 0 Å². The molecule has 0 unspecified atom stereocenters. The Kier molecular flexibility index (Phi) is 3.76. The molecule has 0 saturated heterocycles. The molecule has 2 aromatic carbocycles. The molecule has 6 heteroatoms. The van der Waals surface area contributed by atoms with Gasteiger partial charge in [0.15, 0.2) is 0 Å². The second kappa shape index (κ2) is 6.42. The Morgan fingerprint density at radius 1 is 0.679 bits per heavy atom. The zero-order chi connectivity index (χ0) is 19.1. The van der Waals surface area contributed by atoms with Gasteiger partial charge in [0.1, 0.15) is 11.5 Å². The summed E-state index contributed by atoms with van der Waals surface area (Å²) in [5, 5.41) is 2.17. The lowest BCUT2D eigenvalue weighted by atomic mass is 10.1. The molecule has 0 aliphatic heterocycles. The summed E-state index contributed by atoms with van der Waals surface area (Å²) in [6.45, 7) is 0. The Morgan fingerprint density at radius 3 is 1.54 bits per heavy atom. The number of aromatic amines is 2. The van der Waals surface area contributed by atoms with Gasteiger partial charge in [0.05, 0.1) is 38.0 Å². The molecule has 6 nitrogen and oxygen atoms in total. The molecule has 0 amide bonds. The van der Waals surface area contributed by atoms with Crippen LogP contribution in [0.15, 0.2) is 61.2 Å². The van der Waals surface area contributed by atoms with Gasteiger partial charge in [-0.05, 0) is 24.3 Å². The van der Waals surface area contributed by atoms with Crippen molar-refractivity contribution in [3.63, 3.8) is 0 Å². The van der Waals surface area contributed by atoms with E-state index in [1.165, 1.54) is 0 Å². The molecular formula is C22H18N4O2. The SMILES string of the molecule is COc1ccc2c(-c3cnc(-c4c[nH]c5cc(OC)ccc45)cn3)c[nH]c2c1. The van der Waals surface area contributed by atoms with Gasteiger partial charge in [-0.25, -0.2) is 0 Å². The van der Waals surface area contributed by atoms with E-state index in [2.05, 4.69) is 19.9 Å². The standard InChI is InChI=1S/C22H18N4O2/c1-27-13-3-5-15-17(9-23-19(15)7-13)21-11-26-22(12-25-21)18-10-24-20-8-14(28-2)4-6-16(18)20/h3-12,23-24H,1-2H3. The minimum absolute atomic E-state index is 0.818. The summed E-state index contributed by atoms with van der Waals surface area (Å²) >= 11 is 0. The number of fused-ring (bicyclic) bond motifs is 2. The van der Waals surface area contributed by atoms with E-state index in [1.807, 2.05) is 61.2 Å². The first-order chi connectivity index (χ1) is 13.8. The number of aromatic nitrogens is 4. The van der Waals surface area contributed by atoms with E-state index in [0.29, 0.717) is 0 Å². The lowest BCUT2D eigenvalue weighted by Crippen LogP contribution is -1.88. The molecule has 3 heterocycles. The van der Waals surface area contributed by atoms with Crippen molar-refractivity contribution in [3.05, 3.63) is 61.2 Å². The van der Waals surface area contributed by atoms with Crippen LogP contribution in [-0.4, -0.2) is 34.2 Å². The second-order valence-corrected chi connectivity index (χ2v) is 6.51. The van der Waals surface area contributed by atoms with Gasteiger partial charge in [0.2, 0.25) is 0 Å². The summed E-state index contributed by atoms with van der Waals surface area (Å²) in [6, 6.07) is 11.9. The number of nitrogens with zero attached hydrogens (tertiary/aromatic N) is 2. The Labute approximate surface area is 161 Å². The fourth-order valence-corrected chi connectivity index (χ4v) is 3.49. The van der Waals surface area contributed by atoms with Gasteiger partial charge in [-0.3, -0.25) is 9.97 Å². The van der Waals surface area contributed by atoms with Crippen molar-refractivity contribution in [1.82, 2.24) is 19.9 Å². The highest BCUT2D eigenvalue weighted by Crippen LogP contribution is 2.32. The van der Waals surface area contributed by atoms with Crippen LogP contribution in [0.25, 0.3) is 44.3 Å². The van der Waals surface area contributed by atoms with E-state index in [1.54, 1.807) is 14.2 Å². The van der Waals surface area contributed by atoms with Crippen LogP contribution in [0.1, 0.15) is 0 Å². The molecule has 0 saturated carbocycles. The highest BCUT2D eigenvalue weighted by Gasteiger charge is 2.12. The van der Waals surface area contributed by atoms with Crippen LogP contribution >= 0.6 is 0 Å². The molecule has 0 radical (unpaired) electrons. The number of hydrogen-bond acceptors (Lipinski definition) is 4. The summed E-state index contributed by atoms with van der Waals surface area (Å²) in [5.74, 6) is 1.64. The first-order valence-electron chi connectivity index (χ1n) is 8.90. The molecule has 0 bridgehead atoms. The number of benzene rings is 2. The van der Waals surface area contributed by atoms with E-state index in [9.17, 15) is 0 Å².